The van der Waals surface area contributed by atoms with Gasteiger partial charge in [-0.05, 0) is 61.6 Å². The average Bonchev–Trinajstić information content (AvgIpc) is 3.19. The molecule has 1 aliphatic carbocycles. The summed E-state index contributed by atoms with van der Waals surface area (Å²) in [6, 6.07) is 26.5. The second-order valence-electron chi connectivity index (χ2n) is 7.69. The van der Waals surface area contributed by atoms with Gasteiger partial charge in [-0.25, -0.2) is 9.59 Å². The van der Waals surface area contributed by atoms with Crippen molar-refractivity contribution in [1.82, 2.24) is 0 Å². The van der Waals surface area contributed by atoms with Crippen molar-refractivity contribution in [1.29, 1.82) is 0 Å². The fraction of sp³-hybridized carbons (Fsp3) is 0.172. The van der Waals surface area contributed by atoms with Gasteiger partial charge in [0.15, 0.2) is 6.29 Å². The molecule has 1 aliphatic rings. The molecule has 0 amide bonds. The minimum atomic E-state index is -0.935. The molecule has 3 aromatic carbocycles. The van der Waals surface area contributed by atoms with Crippen LogP contribution >= 0.6 is 0 Å². The van der Waals surface area contributed by atoms with E-state index >= 15 is 0 Å². The van der Waals surface area contributed by atoms with E-state index < -0.39 is 18.2 Å². The number of fused-ring (bicyclic) bond motifs is 3. The van der Waals surface area contributed by atoms with E-state index in [1.54, 1.807) is 19.1 Å². The lowest BCUT2D eigenvalue weighted by molar-refractivity contribution is -0.133. The van der Waals surface area contributed by atoms with Crippen molar-refractivity contribution in [2.24, 2.45) is 0 Å². The molecule has 6 nitrogen and oxygen atoms in total. The fourth-order valence-electron chi connectivity index (χ4n) is 2.78. The third kappa shape index (κ3) is 11.0. The van der Waals surface area contributed by atoms with E-state index in [4.69, 9.17) is 20.1 Å². The lowest BCUT2D eigenvalue weighted by Gasteiger charge is -2.06. The van der Waals surface area contributed by atoms with Crippen molar-refractivity contribution in [3.63, 3.8) is 0 Å². The molecule has 1 unspecified atom stereocenters. The van der Waals surface area contributed by atoms with Crippen LogP contribution in [0.3, 0.4) is 0 Å². The summed E-state index contributed by atoms with van der Waals surface area (Å²) in [6.45, 7) is 10.8. The number of aliphatic carboxylic acids is 2. The average molecular weight is 477 g/mol. The number of ether oxygens (including phenoxy) is 1. The van der Waals surface area contributed by atoms with E-state index in [9.17, 15) is 9.59 Å². The zero-order chi connectivity index (χ0) is 26.4. The highest BCUT2D eigenvalue weighted by Gasteiger charge is 2.15. The lowest BCUT2D eigenvalue weighted by atomic mass is 10.1. The van der Waals surface area contributed by atoms with Crippen molar-refractivity contribution < 1.29 is 29.6 Å². The third-order valence-electron chi connectivity index (χ3n) is 4.49. The predicted octanol–water partition coefficient (Wildman–Crippen LogP) is 5.96. The molecule has 0 fully saturated rings. The fourth-order valence-corrected chi connectivity index (χ4v) is 2.78. The number of hydrogen-bond donors (Lipinski definition) is 3. The Kier molecular flexibility index (Phi) is 12.3. The Morgan fingerprint density at radius 2 is 1.09 bits per heavy atom. The molecule has 0 spiro atoms. The van der Waals surface area contributed by atoms with Crippen molar-refractivity contribution in [3.05, 3.63) is 114 Å². The first kappa shape index (κ1) is 28.9. The van der Waals surface area contributed by atoms with Crippen LogP contribution in [0.15, 0.2) is 103 Å². The Morgan fingerprint density at radius 3 is 1.43 bits per heavy atom. The van der Waals surface area contributed by atoms with Gasteiger partial charge in [0.05, 0.1) is 0 Å². The van der Waals surface area contributed by atoms with Crippen LogP contribution in [0.5, 0.6) is 5.75 Å². The van der Waals surface area contributed by atoms with Gasteiger partial charge in [0.1, 0.15) is 5.75 Å². The quantitative estimate of drug-likeness (QED) is 0.248. The monoisotopic (exact) mass is 476 g/mol. The highest BCUT2D eigenvalue weighted by molar-refractivity contribution is 5.85. The summed E-state index contributed by atoms with van der Waals surface area (Å²) in [5.41, 5.74) is 6.11. The molecule has 1 atom stereocenters. The van der Waals surface area contributed by atoms with Gasteiger partial charge in [-0.3, -0.25) is 0 Å². The maximum Gasteiger partial charge on any atom is 0.330 e. The van der Waals surface area contributed by atoms with E-state index in [0.29, 0.717) is 5.75 Å². The molecule has 0 aliphatic heterocycles. The number of para-hydroxylation sites is 1. The van der Waals surface area contributed by atoms with Gasteiger partial charge in [-0.15, -0.1) is 0 Å². The number of aliphatic hydroxyl groups is 1. The number of rotatable bonds is 4. The van der Waals surface area contributed by atoms with Crippen LogP contribution in [-0.2, 0) is 16.0 Å². The van der Waals surface area contributed by atoms with Crippen LogP contribution in [0.4, 0.5) is 0 Å². The maximum atomic E-state index is 9.60. The van der Waals surface area contributed by atoms with Crippen molar-refractivity contribution in [2.75, 3.05) is 0 Å². The van der Waals surface area contributed by atoms with Gasteiger partial charge in [0.2, 0.25) is 0 Å². The van der Waals surface area contributed by atoms with Gasteiger partial charge in [0.25, 0.3) is 0 Å². The van der Waals surface area contributed by atoms with Crippen molar-refractivity contribution >= 4 is 11.9 Å². The van der Waals surface area contributed by atoms with Gasteiger partial charge >= 0.3 is 11.9 Å². The first-order valence-corrected chi connectivity index (χ1v) is 10.9. The van der Waals surface area contributed by atoms with Crippen LogP contribution in [0, 0.1) is 0 Å². The molecule has 6 heteroatoms. The zero-order valence-corrected chi connectivity index (χ0v) is 20.3. The normalized spacial score (nSPS) is 10.7. The largest absolute Gasteiger partial charge is 0.478 e. The first-order chi connectivity index (χ1) is 16.5. The predicted molar refractivity (Wildman–Crippen MR) is 138 cm³/mol. The molecular weight excluding hydrogens is 444 g/mol. The zero-order valence-electron chi connectivity index (χ0n) is 20.3. The number of carboxylic acid groups (broad SMARTS) is 2. The first-order valence-electron chi connectivity index (χ1n) is 10.9. The van der Waals surface area contributed by atoms with Crippen LogP contribution in [0.1, 0.15) is 31.9 Å². The van der Waals surface area contributed by atoms with Crippen molar-refractivity contribution in [2.45, 2.75) is 33.5 Å². The van der Waals surface area contributed by atoms with Crippen molar-refractivity contribution in [3.8, 4) is 16.9 Å². The number of aliphatic hydroxyl groups excluding tert-OH is 1. The Hall–Kier alpha value is -4.16. The summed E-state index contributed by atoms with van der Waals surface area (Å²) in [6.07, 6.45) is 0.370. The molecule has 35 heavy (non-hydrogen) atoms. The van der Waals surface area contributed by atoms with Crippen LogP contribution in [0.25, 0.3) is 11.1 Å². The second kappa shape index (κ2) is 14.9. The maximum absolute atomic E-state index is 9.60. The van der Waals surface area contributed by atoms with E-state index in [1.165, 1.54) is 36.1 Å². The molecule has 0 bridgehead atoms. The Labute approximate surface area is 206 Å². The highest BCUT2D eigenvalue weighted by atomic mass is 16.6. The van der Waals surface area contributed by atoms with Crippen LogP contribution < -0.4 is 4.74 Å². The van der Waals surface area contributed by atoms with E-state index in [1.807, 2.05) is 18.2 Å². The summed E-state index contributed by atoms with van der Waals surface area (Å²) in [5.74, 6) is -1.18. The number of carboxylic acids is 2. The Morgan fingerprint density at radius 1 is 0.743 bits per heavy atom. The summed E-state index contributed by atoms with van der Waals surface area (Å²) in [4.78, 5) is 19.2. The van der Waals surface area contributed by atoms with Gasteiger partial charge < -0.3 is 20.1 Å². The second-order valence-corrected chi connectivity index (χ2v) is 7.69. The third-order valence-corrected chi connectivity index (χ3v) is 4.49. The van der Waals surface area contributed by atoms with E-state index in [2.05, 4.69) is 61.7 Å². The van der Waals surface area contributed by atoms with E-state index in [0.717, 1.165) is 6.42 Å². The lowest BCUT2D eigenvalue weighted by Crippen LogP contribution is -2.08. The Balaban J connectivity index is 0.000000250. The highest BCUT2D eigenvalue weighted by Crippen LogP contribution is 2.35. The molecule has 0 saturated carbocycles. The minimum absolute atomic E-state index is 0.176. The number of benzene rings is 3. The smallest absolute Gasteiger partial charge is 0.330 e. The molecule has 3 N–H and O–H groups in total. The Bertz CT molecular complexity index is 1040. The molecule has 0 saturated heterocycles. The van der Waals surface area contributed by atoms with Gasteiger partial charge in [-0.1, -0.05) is 79.9 Å². The SMILES string of the molecule is C=C(C)C(=O)O.C=C(C)C(=O)O.CC(O)Oc1ccccc1.c1ccc2c(c1)Cc1ccccc1-2. The molecule has 0 aromatic heterocycles. The van der Waals surface area contributed by atoms with Crippen LogP contribution in [0.2, 0.25) is 0 Å². The number of hydrogen-bond acceptors (Lipinski definition) is 4. The molecule has 4 rings (SSSR count). The molecule has 0 heterocycles. The van der Waals surface area contributed by atoms with Crippen LogP contribution in [-0.4, -0.2) is 33.5 Å². The molecular formula is C29H32O6. The molecule has 184 valence electrons. The molecule has 3 aromatic rings. The summed E-state index contributed by atoms with van der Waals surface area (Å²) in [5, 5.41) is 24.6. The molecule has 0 radical (unpaired) electrons. The van der Waals surface area contributed by atoms with E-state index in [-0.39, 0.29) is 11.1 Å². The summed E-state index contributed by atoms with van der Waals surface area (Å²) in [7, 11) is 0. The van der Waals surface area contributed by atoms with Gasteiger partial charge in [0, 0.05) is 11.1 Å². The number of carbonyl (C=O) groups is 2. The summed E-state index contributed by atoms with van der Waals surface area (Å²) < 4.78 is 4.97. The minimum Gasteiger partial charge on any atom is -0.478 e. The summed E-state index contributed by atoms with van der Waals surface area (Å²) >= 11 is 0. The topological polar surface area (TPSA) is 104 Å². The van der Waals surface area contributed by atoms with Gasteiger partial charge in [-0.2, -0.15) is 0 Å². The standard InChI is InChI=1S/C13H10.C8H10O2.2C4H6O2/c1-3-7-12-10(5-1)9-11-6-2-4-8-13(11)12;1-7(9)10-8-5-3-2-4-6-8;2*1-3(2)4(5)6/h1-8H,9H2;2-7,9H,1H3;2*1H2,2H3,(H,5,6).